The summed E-state index contributed by atoms with van der Waals surface area (Å²) in [5.74, 6) is -1.54. The molecule has 1 aliphatic rings. The lowest BCUT2D eigenvalue weighted by atomic mass is 9.90. The van der Waals surface area contributed by atoms with Gasteiger partial charge in [0.15, 0.2) is 0 Å². The number of carbonyl (C=O) groups is 2. The fraction of sp³-hybridized carbons (Fsp3) is 0.429. The summed E-state index contributed by atoms with van der Waals surface area (Å²) < 4.78 is 12.9. The van der Waals surface area contributed by atoms with Gasteiger partial charge in [0.05, 0.1) is 11.8 Å². The van der Waals surface area contributed by atoms with E-state index in [1.54, 1.807) is 6.92 Å². The first kappa shape index (κ1) is 14.8. The third-order valence-corrected chi connectivity index (χ3v) is 4.05. The van der Waals surface area contributed by atoms with Gasteiger partial charge < -0.3 is 10.0 Å². The average molecular weight is 300 g/mol. The zero-order chi connectivity index (χ0) is 14.9. The highest BCUT2D eigenvalue weighted by Gasteiger charge is 2.41. The van der Waals surface area contributed by atoms with Gasteiger partial charge in [0.1, 0.15) is 5.82 Å². The van der Waals surface area contributed by atoms with Crippen LogP contribution in [0.2, 0.25) is 5.02 Å². The van der Waals surface area contributed by atoms with Crippen LogP contribution in [0.25, 0.3) is 0 Å². The van der Waals surface area contributed by atoms with Crippen molar-refractivity contribution >= 4 is 23.5 Å². The first-order valence-corrected chi connectivity index (χ1v) is 6.65. The van der Waals surface area contributed by atoms with Crippen LogP contribution in [-0.4, -0.2) is 35.0 Å². The molecule has 0 aromatic heterocycles. The highest BCUT2D eigenvalue weighted by Crippen LogP contribution is 2.30. The first-order chi connectivity index (χ1) is 9.32. The molecule has 1 aromatic rings. The second kappa shape index (κ2) is 5.40. The van der Waals surface area contributed by atoms with E-state index in [1.807, 2.05) is 0 Å². The molecule has 1 N–H and O–H groups in total. The zero-order valence-corrected chi connectivity index (χ0v) is 11.8. The van der Waals surface area contributed by atoms with Crippen molar-refractivity contribution < 1.29 is 19.1 Å². The molecule has 1 unspecified atom stereocenters. The van der Waals surface area contributed by atoms with Crippen molar-refractivity contribution in [1.82, 2.24) is 4.90 Å². The minimum absolute atomic E-state index is 0.0504. The Bertz CT molecular complexity index is 563. The predicted octanol–water partition coefficient (Wildman–Crippen LogP) is 2.34. The fourth-order valence-electron chi connectivity index (χ4n) is 2.29. The Morgan fingerprint density at radius 3 is 2.75 bits per heavy atom. The normalized spacial score (nSPS) is 22.1. The molecule has 1 aliphatic heterocycles. The quantitative estimate of drug-likeness (QED) is 0.932. The Morgan fingerprint density at radius 2 is 2.20 bits per heavy atom. The molecule has 0 saturated carbocycles. The van der Waals surface area contributed by atoms with E-state index < -0.39 is 17.2 Å². The Hall–Kier alpha value is -1.62. The summed E-state index contributed by atoms with van der Waals surface area (Å²) in [6.45, 7) is 2.24. The Kier molecular flexibility index (Phi) is 3.99. The molecule has 1 fully saturated rings. The second-order valence-electron chi connectivity index (χ2n) is 5.34. The number of nitrogens with zero attached hydrogens (tertiary/aromatic N) is 1. The molecule has 4 nitrogen and oxygen atoms in total. The van der Waals surface area contributed by atoms with Crippen LogP contribution in [0.15, 0.2) is 18.2 Å². The first-order valence-electron chi connectivity index (χ1n) is 6.27. The van der Waals surface area contributed by atoms with Crippen molar-refractivity contribution in [3.8, 4) is 0 Å². The summed E-state index contributed by atoms with van der Waals surface area (Å²) in [4.78, 5) is 24.8. The van der Waals surface area contributed by atoms with E-state index in [2.05, 4.69) is 0 Å². The van der Waals surface area contributed by atoms with Crippen LogP contribution >= 0.6 is 11.6 Å². The molecule has 2 rings (SSSR count). The molecule has 20 heavy (non-hydrogen) atoms. The summed E-state index contributed by atoms with van der Waals surface area (Å²) in [7, 11) is 0. The van der Waals surface area contributed by atoms with Crippen molar-refractivity contribution in [2.75, 3.05) is 13.1 Å². The number of hydrogen-bond donors (Lipinski definition) is 1. The van der Waals surface area contributed by atoms with E-state index in [0.29, 0.717) is 18.5 Å². The summed E-state index contributed by atoms with van der Waals surface area (Å²) in [6, 6.07) is 3.89. The Balaban J connectivity index is 2.05. The molecule has 0 spiro atoms. The molecule has 0 bridgehead atoms. The number of hydrogen-bond acceptors (Lipinski definition) is 2. The van der Waals surface area contributed by atoms with Gasteiger partial charge in [-0.2, -0.15) is 0 Å². The third kappa shape index (κ3) is 2.93. The lowest BCUT2D eigenvalue weighted by Gasteiger charge is -2.20. The molecule has 108 valence electrons. The van der Waals surface area contributed by atoms with Crippen molar-refractivity contribution in [2.24, 2.45) is 5.41 Å². The molecule has 0 radical (unpaired) electrons. The summed E-state index contributed by atoms with van der Waals surface area (Å²) in [5.41, 5.74) is -0.343. The highest BCUT2D eigenvalue weighted by molar-refractivity contribution is 6.31. The minimum atomic E-state index is -0.896. The number of halogens is 2. The molecule has 1 saturated heterocycles. The number of amides is 1. The van der Waals surface area contributed by atoms with Gasteiger partial charge in [0, 0.05) is 18.1 Å². The van der Waals surface area contributed by atoms with Crippen molar-refractivity contribution in [2.45, 2.75) is 19.8 Å². The number of aliphatic carboxylic acids is 1. The van der Waals surface area contributed by atoms with E-state index in [4.69, 9.17) is 16.7 Å². The fourth-order valence-corrected chi connectivity index (χ4v) is 2.52. The maximum Gasteiger partial charge on any atom is 0.311 e. The van der Waals surface area contributed by atoms with Gasteiger partial charge in [-0.3, -0.25) is 9.59 Å². The van der Waals surface area contributed by atoms with Crippen LogP contribution in [0.4, 0.5) is 4.39 Å². The number of carboxylic acid groups (broad SMARTS) is 1. The smallest absolute Gasteiger partial charge is 0.311 e. The van der Waals surface area contributed by atoms with E-state index in [1.165, 1.54) is 17.0 Å². The summed E-state index contributed by atoms with van der Waals surface area (Å²) >= 11 is 5.88. The topological polar surface area (TPSA) is 57.6 Å². The van der Waals surface area contributed by atoms with Crippen LogP contribution in [0, 0.1) is 11.2 Å². The van der Waals surface area contributed by atoms with E-state index in [-0.39, 0.29) is 23.9 Å². The molecule has 1 aromatic carbocycles. The number of benzene rings is 1. The van der Waals surface area contributed by atoms with Crippen LogP contribution in [-0.2, 0) is 16.0 Å². The SMILES string of the molecule is CC1(C(=O)O)CCN(C(=O)Cc2ccc(F)cc2Cl)C1. The van der Waals surface area contributed by atoms with Crippen LogP contribution in [0.5, 0.6) is 0 Å². The van der Waals surface area contributed by atoms with Crippen LogP contribution in [0.1, 0.15) is 18.9 Å². The third-order valence-electron chi connectivity index (χ3n) is 3.70. The second-order valence-corrected chi connectivity index (χ2v) is 5.75. The lowest BCUT2D eigenvalue weighted by Crippen LogP contribution is -2.35. The maximum absolute atomic E-state index is 12.9. The van der Waals surface area contributed by atoms with Gasteiger partial charge >= 0.3 is 5.97 Å². The van der Waals surface area contributed by atoms with Crippen LogP contribution < -0.4 is 0 Å². The number of carboxylic acids is 1. The maximum atomic E-state index is 12.9. The molecule has 1 atom stereocenters. The van der Waals surface area contributed by atoms with Gasteiger partial charge in [-0.15, -0.1) is 0 Å². The van der Waals surface area contributed by atoms with Gasteiger partial charge in [-0.25, -0.2) is 4.39 Å². The highest BCUT2D eigenvalue weighted by atomic mass is 35.5. The summed E-state index contributed by atoms with van der Waals surface area (Å²) in [6.07, 6.45) is 0.486. The molecular formula is C14H15ClFNO3. The van der Waals surface area contributed by atoms with Crippen LogP contribution in [0.3, 0.4) is 0 Å². The van der Waals surface area contributed by atoms with Crippen molar-refractivity contribution in [3.05, 3.63) is 34.6 Å². The predicted molar refractivity (Wildman–Crippen MR) is 72.1 cm³/mol. The van der Waals surface area contributed by atoms with Gasteiger partial charge in [-0.05, 0) is 31.0 Å². The lowest BCUT2D eigenvalue weighted by molar-refractivity contribution is -0.147. The molecule has 1 heterocycles. The monoisotopic (exact) mass is 299 g/mol. The molecule has 6 heteroatoms. The molecule has 0 aliphatic carbocycles. The molecular weight excluding hydrogens is 285 g/mol. The summed E-state index contributed by atoms with van der Waals surface area (Å²) in [5, 5.41) is 9.34. The standard InChI is InChI=1S/C14H15ClFNO3/c1-14(13(19)20)4-5-17(8-14)12(18)6-9-2-3-10(16)7-11(9)15/h2-3,7H,4-6,8H2,1H3,(H,19,20). The average Bonchev–Trinajstić information content (AvgIpc) is 2.77. The van der Waals surface area contributed by atoms with Gasteiger partial charge in [0.25, 0.3) is 0 Å². The number of likely N-dealkylation sites (tertiary alicyclic amines) is 1. The van der Waals surface area contributed by atoms with Gasteiger partial charge in [0.2, 0.25) is 5.91 Å². The number of carbonyl (C=O) groups excluding carboxylic acids is 1. The van der Waals surface area contributed by atoms with Gasteiger partial charge in [-0.1, -0.05) is 17.7 Å². The number of rotatable bonds is 3. The Labute approximate surface area is 121 Å². The Morgan fingerprint density at radius 1 is 1.50 bits per heavy atom. The van der Waals surface area contributed by atoms with E-state index in [9.17, 15) is 14.0 Å². The zero-order valence-electron chi connectivity index (χ0n) is 11.0. The van der Waals surface area contributed by atoms with E-state index in [0.717, 1.165) is 6.07 Å². The van der Waals surface area contributed by atoms with E-state index >= 15 is 0 Å². The molecule has 1 amide bonds. The van der Waals surface area contributed by atoms with Crippen molar-refractivity contribution in [1.29, 1.82) is 0 Å². The largest absolute Gasteiger partial charge is 0.481 e. The van der Waals surface area contributed by atoms with Crippen molar-refractivity contribution in [3.63, 3.8) is 0 Å². The minimum Gasteiger partial charge on any atom is -0.481 e.